The lowest BCUT2D eigenvalue weighted by Gasteiger charge is -2.28. The highest BCUT2D eigenvalue weighted by Crippen LogP contribution is 2.30. The van der Waals surface area contributed by atoms with Gasteiger partial charge < -0.3 is 19.1 Å². The molecule has 0 bridgehead atoms. The van der Waals surface area contributed by atoms with Crippen molar-refractivity contribution in [3.63, 3.8) is 0 Å². The van der Waals surface area contributed by atoms with Gasteiger partial charge in [0.2, 0.25) is 0 Å². The second kappa shape index (κ2) is 11.2. The van der Waals surface area contributed by atoms with Crippen molar-refractivity contribution in [2.75, 3.05) is 19.7 Å². The van der Waals surface area contributed by atoms with E-state index in [0.717, 1.165) is 29.3 Å². The van der Waals surface area contributed by atoms with Gasteiger partial charge in [0.1, 0.15) is 18.2 Å². The van der Waals surface area contributed by atoms with Gasteiger partial charge in [-0.25, -0.2) is 18.6 Å². The maximum atomic E-state index is 14.9. The van der Waals surface area contributed by atoms with Gasteiger partial charge in [-0.2, -0.15) is 5.26 Å². The predicted octanol–water partition coefficient (Wildman–Crippen LogP) is 4.64. The van der Waals surface area contributed by atoms with E-state index in [9.17, 15) is 18.7 Å². The molecule has 2 aromatic carbocycles. The summed E-state index contributed by atoms with van der Waals surface area (Å²) >= 11 is 0. The molecular weight excluding hydrogens is 532 g/mol. The molecule has 41 heavy (non-hydrogen) atoms. The van der Waals surface area contributed by atoms with Gasteiger partial charge in [0, 0.05) is 19.1 Å². The molecule has 210 valence electrons. The molecule has 2 saturated heterocycles. The molecule has 0 aliphatic carbocycles. The van der Waals surface area contributed by atoms with Crippen LogP contribution >= 0.6 is 0 Å². The molecule has 4 heterocycles. The van der Waals surface area contributed by atoms with Gasteiger partial charge in [-0.05, 0) is 67.9 Å². The molecule has 2 aromatic heterocycles. The number of aromatic nitrogens is 3. The number of benzene rings is 2. The van der Waals surface area contributed by atoms with Crippen molar-refractivity contribution in [3.05, 3.63) is 88.5 Å². The molecule has 0 radical (unpaired) electrons. The third-order valence-electron chi connectivity index (χ3n) is 7.65. The number of fused-ring (bicyclic) bond motifs is 1. The molecule has 0 spiro atoms. The quantitative estimate of drug-likeness (QED) is 0.316. The van der Waals surface area contributed by atoms with Crippen LogP contribution in [0.4, 0.5) is 8.78 Å². The standard InChI is InChI=1S/C30H27F2N5O4/c31-23-4-3-21(17-41-27-6-1-18(13-33)11-24(27)32)34-29(23)20-7-9-36(14-20)16-28-35-25-5-2-19(30(38)39)12-26(25)37(28)15-22-8-10-40-22/h1-6,11-12,20,22H,7-10,14-17H2,(H,38,39). The van der Waals surface area contributed by atoms with E-state index in [2.05, 4.69) is 9.88 Å². The molecule has 6 rings (SSSR count). The fourth-order valence-corrected chi connectivity index (χ4v) is 5.37. The van der Waals surface area contributed by atoms with Crippen molar-refractivity contribution in [3.8, 4) is 11.8 Å². The lowest BCUT2D eigenvalue weighted by atomic mass is 10.0. The van der Waals surface area contributed by atoms with E-state index in [1.807, 2.05) is 10.6 Å². The van der Waals surface area contributed by atoms with Crippen LogP contribution in [0.2, 0.25) is 0 Å². The lowest BCUT2D eigenvalue weighted by Crippen LogP contribution is -2.32. The van der Waals surface area contributed by atoms with Gasteiger partial charge in [-0.15, -0.1) is 0 Å². The van der Waals surface area contributed by atoms with Crippen LogP contribution in [0.25, 0.3) is 11.0 Å². The molecule has 1 N–H and O–H groups in total. The number of hydrogen-bond donors (Lipinski definition) is 1. The molecule has 2 aliphatic heterocycles. The first kappa shape index (κ1) is 26.8. The summed E-state index contributed by atoms with van der Waals surface area (Å²) in [6, 6.07) is 13.6. The molecule has 9 nitrogen and oxygen atoms in total. The topological polar surface area (TPSA) is 114 Å². The minimum absolute atomic E-state index is 0.00520. The summed E-state index contributed by atoms with van der Waals surface area (Å²) in [7, 11) is 0. The minimum atomic E-state index is -0.993. The predicted molar refractivity (Wildman–Crippen MR) is 143 cm³/mol. The molecule has 0 saturated carbocycles. The van der Waals surface area contributed by atoms with Crippen LogP contribution in [0.3, 0.4) is 0 Å². The average Bonchev–Trinajstić information content (AvgIpc) is 3.54. The Hall–Kier alpha value is -4.40. The average molecular weight is 560 g/mol. The first-order chi connectivity index (χ1) is 19.9. The summed E-state index contributed by atoms with van der Waals surface area (Å²) in [5.41, 5.74) is 2.69. The van der Waals surface area contributed by atoms with Gasteiger partial charge in [-0.1, -0.05) is 0 Å². The third-order valence-corrected chi connectivity index (χ3v) is 7.65. The smallest absolute Gasteiger partial charge is 0.335 e. The third kappa shape index (κ3) is 5.62. The van der Waals surface area contributed by atoms with E-state index in [4.69, 9.17) is 19.7 Å². The first-order valence-corrected chi connectivity index (χ1v) is 13.4. The normalized spacial score (nSPS) is 18.8. The van der Waals surface area contributed by atoms with Crippen LogP contribution in [-0.4, -0.2) is 56.3 Å². The van der Waals surface area contributed by atoms with Gasteiger partial charge in [0.15, 0.2) is 11.6 Å². The molecule has 2 aliphatic rings. The molecule has 2 atom stereocenters. The zero-order chi connectivity index (χ0) is 28.5. The van der Waals surface area contributed by atoms with Crippen molar-refractivity contribution in [1.82, 2.24) is 19.4 Å². The Bertz CT molecular complexity index is 1660. The maximum Gasteiger partial charge on any atom is 0.335 e. The number of aromatic carboxylic acids is 1. The van der Waals surface area contributed by atoms with Crippen molar-refractivity contribution in [2.45, 2.75) is 44.6 Å². The van der Waals surface area contributed by atoms with Gasteiger partial charge in [0.25, 0.3) is 0 Å². The summed E-state index contributed by atoms with van der Waals surface area (Å²) in [4.78, 5) is 23.1. The summed E-state index contributed by atoms with van der Waals surface area (Å²) < 4.78 is 42.3. The van der Waals surface area contributed by atoms with E-state index >= 15 is 0 Å². The zero-order valence-electron chi connectivity index (χ0n) is 22.1. The molecule has 2 unspecified atom stereocenters. The van der Waals surface area contributed by atoms with E-state index < -0.39 is 17.6 Å². The second-order valence-electron chi connectivity index (χ2n) is 10.4. The summed E-state index contributed by atoms with van der Waals surface area (Å²) in [5, 5.41) is 18.4. The van der Waals surface area contributed by atoms with Crippen LogP contribution in [-0.2, 0) is 24.4 Å². The fraction of sp³-hybridized carbons (Fsp3) is 0.333. The first-order valence-electron chi connectivity index (χ1n) is 13.4. The van der Waals surface area contributed by atoms with E-state index in [1.54, 1.807) is 18.2 Å². The zero-order valence-corrected chi connectivity index (χ0v) is 22.1. The highest BCUT2D eigenvalue weighted by atomic mass is 19.1. The molecule has 0 amide bonds. The van der Waals surface area contributed by atoms with Crippen LogP contribution in [0.1, 0.15) is 51.9 Å². The largest absolute Gasteiger partial charge is 0.484 e. The number of likely N-dealkylation sites (tertiary alicyclic amines) is 1. The van der Waals surface area contributed by atoms with Gasteiger partial charge in [0.05, 0.1) is 58.8 Å². The monoisotopic (exact) mass is 559 g/mol. The lowest BCUT2D eigenvalue weighted by molar-refractivity contribution is -0.0591. The number of nitriles is 1. The fourth-order valence-electron chi connectivity index (χ4n) is 5.37. The Morgan fingerprint density at radius 3 is 2.71 bits per heavy atom. The second-order valence-corrected chi connectivity index (χ2v) is 10.4. The number of pyridine rings is 1. The minimum Gasteiger partial charge on any atom is -0.484 e. The number of ether oxygens (including phenoxy) is 2. The summed E-state index contributed by atoms with van der Waals surface area (Å²) in [6.45, 7) is 3.06. The summed E-state index contributed by atoms with van der Waals surface area (Å²) in [6.07, 6.45) is 1.70. The highest BCUT2D eigenvalue weighted by Gasteiger charge is 2.30. The number of rotatable bonds is 9. The number of halogens is 2. The Labute approximate surface area is 234 Å². The molecule has 2 fully saturated rings. The van der Waals surface area contributed by atoms with Crippen LogP contribution in [0.15, 0.2) is 48.5 Å². The SMILES string of the molecule is N#Cc1ccc(OCc2ccc(F)c(C3CCN(Cc4nc5ccc(C(=O)O)cc5n4CC4CCO4)C3)n2)c(F)c1. The Balaban J connectivity index is 1.17. The van der Waals surface area contributed by atoms with Crippen LogP contribution < -0.4 is 4.74 Å². The van der Waals surface area contributed by atoms with Crippen molar-refractivity contribution in [1.29, 1.82) is 5.26 Å². The van der Waals surface area contributed by atoms with E-state index in [-0.39, 0.29) is 35.5 Å². The number of hydrogen-bond acceptors (Lipinski definition) is 7. The Morgan fingerprint density at radius 1 is 1.12 bits per heavy atom. The van der Waals surface area contributed by atoms with Gasteiger partial charge >= 0.3 is 5.97 Å². The number of carboxylic acid groups (broad SMARTS) is 1. The van der Waals surface area contributed by atoms with E-state index in [1.165, 1.54) is 24.3 Å². The Kier molecular flexibility index (Phi) is 7.34. The molecular formula is C30H27F2N5O4. The van der Waals surface area contributed by atoms with Crippen LogP contribution in [0, 0.1) is 23.0 Å². The van der Waals surface area contributed by atoms with Crippen molar-refractivity contribution >= 4 is 17.0 Å². The number of imidazole rings is 1. The number of nitrogens with zero attached hydrogens (tertiary/aromatic N) is 5. The highest BCUT2D eigenvalue weighted by molar-refractivity contribution is 5.92. The molecule has 11 heteroatoms. The summed E-state index contributed by atoms with van der Waals surface area (Å²) in [5.74, 6) is -1.39. The van der Waals surface area contributed by atoms with Crippen molar-refractivity contribution in [2.24, 2.45) is 0 Å². The number of carboxylic acids is 1. The maximum absolute atomic E-state index is 14.9. The van der Waals surface area contributed by atoms with E-state index in [0.29, 0.717) is 50.6 Å². The van der Waals surface area contributed by atoms with Crippen molar-refractivity contribution < 1.29 is 28.2 Å². The number of carbonyl (C=O) groups is 1. The van der Waals surface area contributed by atoms with Crippen LogP contribution in [0.5, 0.6) is 5.75 Å². The Morgan fingerprint density at radius 2 is 1.98 bits per heavy atom. The van der Waals surface area contributed by atoms with Gasteiger partial charge in [-0.3, -0.25) is 9.88 Å². The molecule has 4 aromatic rings.